The van der Waals surface area contributed by atoms with Gasteiger partial charge in [0.05, 0.1) is 11.8 Å². The molecule has 1 aromatic carbocycles. The van der Waals surface area contributed by atoms with E-state index in [0.717, 1.165) is 0 Å². The zero-order valence-corrected chi connectivity index (χ0v) is 17.5. The summed E-state index contributed by atoms with van der Waals surface area (Å²) in [6.07, 6.45) is -1.53. The van der Waals surface area contributed by atoms with Gasteiger partial charge in [-0.1, -0.05) is 27.7 Å². The van der Waals surface area contributed by atoms with E-state index in [2.05, 4.69) is 0 Å². The Morgan fingerprint density at radius 2 is 1.69 bits per heavy atom. The number of benzene rings is 1. The molecule has 2 aromatic rings. The molecule has 1 aromatic heterocycles. The molecule has 0 bridgehead atoms. The van der Waals surface area contributed by atoms with Gasteiger partial charge in [0.1, 0.15) is 16.9 Å². The molecular weight excluding hydrogens is 376 g/mol. The Morgan fingerprint density at radius 3 is 2.31 bits per heavy atom. The van der Waals surface area contributed by atoms with Crippen LogP contribution in [0.4, 0.5) is 0 Å². The fraction of sp³-hybridized carbons (Fsp3) is 0.500. The standard InChI is InChI=1S/C22H26O7/c1-11(2)20(24)28-18-14-9-13-7-8-17(23)26-15(13)10-16(14)27-19(18)22(5,6)29-21(25)12(3)4/h7-12,18-19H,1-6H3/t18-,19+/m0/s1. The van der Waals surface area contributed by atoms with Crippen molar-refractivity contribution in [3.63, 3.8) is 0 Å². The fourth-order valence-electron chi connectivity index (χ4n) is 3.13. The van der Waals surface area contributed by atoms with Gasteiger partial charge in [0.25, 0.3) is 0 Å². The SMILES string of the molecule is CC(C)C(=O)O[C@H]1c2cc3ccc(=O)oc3cc2O[C@H]1C(C)(C)OC(=O)C(C)C. The Balaban J connectivity index is 2.05. The molecule has 7 nitrogen and oxygen atoms in total. The molecule has 0 saturated heterocycles. The third kappa shape index (κ3) is 4.13. The van der Waals surface area contributed by atoms with E-state index in [1.54, 1.807) is 59.7 Å². The van der Waals surface area contributed by atoms with Crippen LogP contribution in [-0.2, 0) is 19.1 Å². The van der Waals surface area contributed by atoms with Crippen LogP contribution in [0, 0.1) is 11.8 Å². The summed E-state index contributed by atoms with van der Waals surface area (Å²) in [5.74, 6) is -0.986. The van der Waals surface area contributed by atoms with Gasteiger partial charge in [0.15, 0.2) is 12.2 Å². The van der Waals surface area contributed by atoms with E-state index in [9.17, 15) is 14.4 Å². The van der Waals surface area contributed by atoms with Crippen LogP contribution in [-0.4, -0.2) is 23.6 Å². The highest BCUT2D eigenvalue weighted by molar-refractivity contribution is 5.80. The lowest BCUT2D eigenvalue weighted by atomic mass is 9.93. The molecule has 3 rings (SSSR count). The first-order valence-electron chi connectivity index (χ1n) is 9.67. The first-order chi connectivity index (χ1) is 13.5. The molecule has 0 N–H and O–H groups in total. The molecule has 2 atom stereocenters. The molecule has 0 radical (unpaired) electrons. The van der Waals surface area contributed by atoms with Crippen molar-refractivity contribution in [2.75, 3.05) is 0 Å². The Morgan fingerprint density at radius 1 is 1.03 bits per heavy atom. The smallest absolute Gasteiger partial charge is 0.336 e. The molecule has 0 saturated carbocycles. The highest BCUT2D eigenvalue weighted by atomic mass is 16.6. The Labute approximate surface area is 168 Å². The lowest BCUT2D eigenvalue weighted by molar-refractivity contribution is -0.181. The number of carbonyl (C=O) groups is 2. The summed E-state index contributed by atoms with van der Waals surface area (Å²) < 4.78 is 22.7. The quantitative estimate of drug-likeness (QED) is 0.555. The molecule has 7 heteroatoms. The summed E-state index contributed by atoms with van der Waals surface area (Å²) in [5, 5.41) is 0.676. The van der Waals surface area contributed by atoms with Gasteiger partial charge in [0, 0.05) is 23.1 Å². The number of esters is 2. The van der Waals surface area contributed by atoms with Crippen LogP contribution in [0.2, 0.25) is 0 Å². The largest absolute Gasteiger partial charge is 0.481 e. The molecule has 0 fully saturated rings. The normalized spacial score (nSPS) is 18.6. The fourth-order valence-corrected chi connectivity index (χ4v) is 3.13. The minimum Gasteiger partial charge on any atom is -0.481 e. The number of hydrogen-bond donors (Lipinski definition) is 0. The third-order valence-corrected chi connectivity index (χ3v) is 4.82. The highest BCUT2D eigenvalue weighted by Crippen LogP contribution is 2.46. The molecule has 29 heavy (non-hydrogen) atoms. The Bertz CT molecular complexity index is 1000. The zero-order valence-electron chi connectivity index (χ0n) is 17.5. The van der Waals surface area contributed by atoms with E-state index in [-0.39, 0.29) is 23.8 Å². The summed E-state index contributed by atoms with van der Waals surface area (Å²) >= 11 is 0. The predicted octanol–water partition coefficient (Wildman–Crippen LogP) is 3.77. The van der Waals surface area contributed by atoms with Crippen LogP contribution in [0.5, 0.6) is 5.75 Å². The second-order valence-electron chi connectivity index (χ2n) is 8.41. The number of fused-ring (bicyclic) bond motifs is 2. The first kappa shape index (κ1) is 20.9. The Kier molecular flexibility index (Phi) is 5.43. The second-order valence-corrected chi connectivity index (χ2v) is 8.41. The molecule has 0 unspecified atom stereocenters. The molecule has 1 aliphatic heterocycles. The van der Waals surface area contributed by atoms with Crippen molar-refractivity contribution in [2.45, 2.75) is 59.4 Å². The minimum atomic E-state index is -1.07. The van der Waals surface area contributed by atoms with E-state index in [0.29, 0.717) is 22.3 Å². The van der Waals surface area contributed by atoms with Gasteiger partial charge in [-0.05, 0) is 26.0 Å². The Hall–Kier alpha value is -2.83. The van der Waals surface area contributed by atoms with Gasteiger partial charge in [-0.15, -0.1) is 0 Å². The van der Waals surface area contributed by atoms with E-state index >= 15 is 0 Å². The van der Waals surface area contributed by atoms with Crippen molar-refractivity contribution in [3.05, 3.63) is 40.2 Å². The molecule has 0 spiro atoms. The molecule has 2 heterocycles. The molecule has 0 aliphatic carbocycles. The maximum atomic E-state index is 12.4. The van der Waals surface area contributed by atoms with Gasteiger partial charge >= 0.3 is 17.6 Å². The van der Waals surface area contributed by atoms with Crippen LogP contribution in [0.3, 0.4) is 0 Å². The van der Waals surface area contributed by atoms with Crippen molar-refractivity contribution in [1.29, 1.82) is 0 Å². The molecule has 0 amide bonds. The average Bonchev–Trinajstić information content (AvgIpc) is 2.97. The van der Waals surface area contributed by atoms with Crippen LogP contribution < -0.4 is 10.4 Å². The van der Waals surface area contributed by atoms with E-state index < -0.39 is 23.4 Å². The monoisotopic (exact) mass is 402 g/mol. The van der Waals surface area contributed by atoms with Crippen molar-refractivity contribution in [3.8, 4) is 5.75 Å². The number of rotatable bonds is 5. The van der Waals surface area contributed by atoms with Crippen LogP contribution in [0.1, 0.15) is 53.2 Å². The summed E-state index contributed by atoms with van der Waals surface area (Å²) in [4.78, 5) is 36.1. The molecular formula is C22H26O7. The predicted molar refractivity (Wildman–Crippen MR) is 106 cm³/mol. The lowest BCUT2D eigenvalue weighted by Gasteiger charge is -2.34. The van der Waals surface area contributed by atoms with Crippen LogP contribution >= 0.6 is 0 Å². The first-order valence-corrected chi connectivity index (χ1v) is 9.67. The van der Waals surface area contributed by atoms with Crippen LogP contribution in [0.15, 0.2) is 33.5 Å². The van der Waals surface area contributed by atoms with E-state index in [1.165, 1.54) is 6.07 Å². The van der Waals surface area contributed by atoms with Crippen molar-refractivity contribution >= 4 is 22.9 Å². The molecule has 156 valence electrons. The lowest BCUT2D eigenvalue weighted by Crippen LogP contribution is -2.47. The number of ether oxygens (including phenoxy) is 3. The highest BCUT2D eigenvalue weighted by Gasteiger charge is 2.49. The third-order valence-electron chi connectivity index (χ3n) is 4.82. The van der Waals surface area contributed by atoms with Gasteiger partial charge in [-0.2, -0.15) is 0 Å². The number of carbonyl (C=O) groups excluding carboxylic acids is 2. The summed E-state index contributed by atoms with van der Waals surface area (Å²) in [6, 6.07) is 6.33. The maximum absolute atomic E-state index is 12.4. The maximum Gasteiger partial charge on any atom is 0.336 e. The van der Waals surface area contributed by atoms with Crippen LogP contribution in [0.25, 0.3) is 11.0 Å². The van der Waals surface area contributed by atoms with Gasteiger partial charge < -0.3 is 18.6 Å². The van der Waals surface area contributed by atoms with Gasteiger partial charge in [-0.25, -0.2) is 4.79 Å². The summed E-state index contributed by atoms with van der Waals surface area (Å²) in [5.41, 5.74) is -0.544. The second kappa shape index (κ2) is 7.54. The molecule has 1 aliphatic rings. The average molecular weight is 402 g/mol. The minimum absolute atomic E-state index is 0.313. The van der Waals surface area contributed by atoms with Gasteiger partial charge in [-0.3, -0.25) is 9.59 Å². The topological polar surface area (TPSA) is 92.0 Å². The van der Waals surface area contributed by atoms with E-state index in [4.69, 9.17) is 18.6 Å². The van der Waals surface area contributed by atoms with E-state index in [1.807, 2.05) is 0 Å². The van der Waals surface area contributed by atoms with Crippen molar-refractivity contribution in [1.82, 2.24) is 0 Å². The van der Waals surface area contributed by atoms with Crippen molar-refractivity contribution < 1.29 is 28.2 Å². The number of hydrogen-bond acceptors (Lipinski definition) is 7. The zero-order chi connectivity index (χ0) is 21.5. The summed E-state index contributed by atoms with van der Waals surface area (Å²) in [6.45, 7) is 10.4. The van der Waals surface area contributed by atoms with Crippen molar-refractivity contribution in [2.24, 2.45) is 11.8 Å². The summed E-state index contributed by atoms with van der Waals surface area (Å²) in [7, 11) is 0. The van der Waals surface area contributed by atoms with Gasteiger partial charge in [0.2, 0.25) is 0 Å².